The quantitative estimate of drug-likeness (QED) is 0.744. The molecule has 21 heavy (non-hydrogen) atoms. The number of hydrogen-bond acceptors (Lipinski definition) is 2. The fourth-order valence-corrected chi connectivity index (χ4v) is 2.94. The Balaban J connectivity index is 2.32. The predicted octanol–water partition coefficient (Wildman–Crippen LogP) is 4.06. The molecule has 0 radical (unpaired) electrons. The fourth-order valence-electron chi connectivity index (χ4n) is 2.94. The van der Waals surface area contributed by atoms with Gasteiger partial charge in [0.2, 0.25) is 0 Å². The van der Waals surface area contributed by atoms with Crippen molar-refractivity contribution in [1.29, 1.82) is 0 Å². The first-order chi connectivity index (χ1) is 10.2. The molecule has 2 aromatic heterocycles. The molecule has 0 saturated carbocycles. The number of nitrogens with zero attached hydrogens (tertiary/aromatic N) is 2. The highest BCUT2D eigenvalue weighted by Gasteiger charge is 2.19. The summed E-state index contributed by atoms with van der Waals surface area (Å²) in [5.41, 5.74) is 7.00. The zero-order valence-corrected chi connectivity index (χ0v) is 13.0. The zero-order valence-electron chi connectivity index (χ0n) is 13.0. The summed E-state index contributed by atoms with van der Waals surface area (Å²) in [5.74, 6) is -0.375. The van der Waals surface area contributed by atoms with Gasteiger partial charge in [-0.15, -0.1) is 0 Å². The van der Waals surface area contributed by atoms with Crippen LogP contribution < -0.4 is 5.73 Å². The monoisotopic (exact) mass is 287 g/mol. The Morgan fingerprint density at radius 3 is 2.81 bits per heavy atom. The molecule has 0 spiro atoms. The van der Waals surface area contributed by atoms with Gasteiger partial charge < -0.3 is 10.3 Å². The van der Waals surface area contributed by atoms with Crippen LogP contribution in [0.2, 0.25) is 0 Å². The summed E-state index contributed by atoms with van der Waals surface area (Å²) < 4.78 is 2.05. The summed E-state index contributed by atoms with van der Waals surface area (Å²) in [5, 5.41) is 0.985. The summed E-state index contributed by atoms with van der Waals surface area (Å²) in [7, 11) is 0. The van der Waals surface area contributed by atoms with Crippen LogP contribution in [0.3, 0.4) is 0 Å². The summed E-state index contributed by atoms with van der Waals surface area (Å²) >= 11 is 0. The average Bonchev–Trinajstić information content (AvgIpc) is 2.87. The second kappa shape index (κ2) is 7.25. The molecule has 1 amide bonds. The molecule has 0 saturated heterocycles. The molecule has 2 rings (SSSR count). The van der Waals surface area contributed by atoms with Crippen molar-refractivity contribution < 1.29 is 4.79 Å². The van der Waals surface area contributed by atoms with Crippen LogP contribution in [0, 0.1) is 0 Å². The molecular formula is C17H25N3O. The molecule has 0 aliphatic heterocycles. The number of nitrogens with two attached hydrogens (primary N) is 1. The minimum Gasteiger partial charge on any atom is -0.364 e. The number of fused-ring (bicyclic) bond motifs is 1. The summed E-state index contributed by atoms with van der Waals surface area (Å²) in [6, 6.07) is 6.02. The van der Waals surface area contributed by atoms with Crippen LogP contribution in [0.25, 0.3) is 11.0 Å². The van der Waals surface area contributed by atoms with E-state index in [9.17, 15) is 4.79 Å². The molecule has 0 fully saturated rings. The van der Waals surface area contributed by atoms with E-state index in [1.54, 1.807) is 6.20 Å². The first-order valence-electron chi connectivity index (χ1n) is 7.94. The molecule has 2 aromatic rings. The summed E-state index contributed by atoms with van der Waals surface area (Å²) in [6.45, 7) is 4.37. The number of pyridine rings is 1. The van der Waals surface area contributed by atoms with Gasteiger partial charge in [0.1, 0.15) is 11.3 Å². The number of hydrogen-bond donors (Lipinski definition) is 1. The molecule has 4 heteroatoms. The van der Waals surface area contributed by atoms with Gasteiger partial charge in [0.15, 0.2) is 0 Å². The first-order valence-corrected chi connectivity index (χ1v) is 7.94. The summed E-state index contributed by atoms with van der Waals surface area (Å²) in [6.07, 6.45) is 8.74. The van der Waals surface area contributed by atoms with Crippen molar-refractivity contribution in [1.82, 2.24) is 9.55 Å². The SMILES string of the molecule is CCCCCCC(CC)n1c(C(N)=O)cc2cccnc21. The number of primary amides is 1. The molecule has 2 heterocycles. The van der Waals surface area contributed by atoms with Crippen LogP contribution in [-0.4, -0.2) is 15.5 Å². The maximum Gasteiger partial charge on any atom is 0.265 e. The maximum absolute atomic E-state index is 11.8. The molecule has 0 aliphatic rings. The van der Waals surface area contributed by atoms with E-state index in [0.29, 0.717) is 5.69 Å². The van der Waals surface area contributed by atoms with E-state index < -0.39 is 0 Å². The number of rotatable bonds is 8. The van der Waals surface area contributed by atoms with E-state index in [2.05, 4.69) is 18.8 Å². The molecule has 4 nitrogen and oxygen atoms in total. The Morgan fingerprint density at radius 2 is 2.14 bits per heavy atom. The Labute approximate surface area is 126 Å². The van der Waals surface area contributed by atoms with Gasteiger partial charge in [0, 0.05) is 17.6 Å². The Morgan fingerprint density at radius 1 is 1.33 bits per heavy atom. The lowest BCUT2D eigenvalue weighted by atomic mass is 10.0. The third-order valence-electron chi connectivity index (χ3n) is 4.08. The van der Waals surface area contributed by atoms with Crippen molar-refractivity contribution in [3.05, 3.63) is 30.1 Å². The lowest BCUT2D eigenvalue weighted by Gasteiger charge is -2.20. The first kappa shape index (κ1) is 15.5. The second-order valence-corrected chi connectivity index (χ2v) is 5.59. The molecule has 0 aliphatic carbocycles. The van der Waals surface area contributed by atoms with Crippen LogP contribution in [-0.2, 0) is 0 Å². The van der Waals surface area contributed by atoms with E-state index in [4.69, 9.17) is 5.73 Å². The zero-order chi connectivity index (χ0) is 15.2. The molecule has 0 bridgehead atoms. The van der Waals surface area contributed by atoms with Crippen molar-refractivity contribution in [2.75, 3.05) is 0 Å². The van der Waals surface area contributed by atoms with Crippen LogP contribution in [0.15, 0.2) is 24.4 Å². The minimum absolute atomic E-state index is 0.289. The van der Waals surface area contributed by atoms with Gasteiger partial charge in [-0.1, -0.05) is 39.5 Å². The molecule has 1 atom stereocenters. The Bertz CT molecular complexity index is 603. The van der Waals surface area contributed by atoms with E-state index in [-0.39, 0.29) is 11.9 Å². The van der Waals surface area contributed by atoms with Gasteiger partial charge in [-0.3, -0.25) is 4.79 Å². The van der Waals surface area contributed by atoms with Crippen LogP contribution in [0.5, 0.6) is 0 Å². The van der Waals surface area contributed by atoms with Crippen molar-refractivity contribution in [3.63, 3.8) is 0 Å². The fraction of sp³-hybridized carbons (Fsp3) is 0.529. The smallest absolute Gasteiger partial charge is 0.265 e. The van der Waals surface area contributed by atoms with Gasteiger partial charge in [-0.05, 0) is 31.0 Å². The maximum atomic E-state index is 11.8. The highest BCUT2D eigenvalue weighted by atomic mass is 16.1. The lowest BCUT2D eigenvalue weighted by molar-refractivity contribution is 0.0989. The number of carbonyl (C=O) groups is 1. The highest BCUT2D eigenvalue weighted by molar-refractivity contribution is 5.97. The van der Waals surface area contributed by atoms with Gasteiger partial charge in [0.05, 0.1) is 0 Å². The van der Waals surface area contributed by atoms with E-state index in [1.165, 1.54) is 25.7 Å². The molecule has 2 N–H and O–H groups in total. The topological polar surface area (TPSA) is 60.9 Å². The lowest BCUT2D eigenvalue weighted by Crippen LogP contribution is -2.20. The van der Waals surface area contributed by atoms with Gasteiger partial charge >= 0.3 is 0 Å². The number of amides is 1. The van der Waals surface area contributed by atoms with Crippen molar-refractivity contribution >= 4 is 16.9 Å². The highest BCUT2D eigenvalue weighted by Crippen LogP contribution is 2.28. The molecule has 0 aromatic carbocycles. The molecular weight excluding hydrogens is 262 g/mol. The minimum atomic E-state index is -0.375. The van der Waals surface area contributed by atoms with Crippen LogP contribution >= 0.6 is 0 Å². The van der Waals surface area contributed by atoms with E-state index >= 15 is 0 Å². The standard InChI is InChI=1S/C17H25N3O/c1-3-5-6-7-10-14(4-2)20-15(16(18)21)12-13-9-8-11-19-17(13)20/h8-9,11-12,14H,3-7,10H2,1-2H3,(H2,18,21). The molecule has 114 valence electrons. The van der Waals surface area contributed by atoms with Crippen LogP contribution in [0.4, 0.5) is 0 Å². The van der Waals surface area contributed by atoms with Crippen molar-refractivity contribution in [2.45, 2.75) is 58.4 Å². The van der Waals surface area contributed by atoms with Crippen molar-refractivity contribution in [2.24, 2.45) is 5.73 Å². The molecule has 1 unspecified atom stereocenters. The second-order valence-electron chi connectivity index (χ2n) is 5.59. The number of carbonyl (C=O) groups excluding carboxylic acids is 1. The third kappa shape index (κ3) is 3.43. The van der Waals surface area contributed by atoms with Gasteiger partial charge in [0.25, 0.3) is 5.91 Å². The largest absolute Gasteiger partial charge is 0.364 e. The number of aromatic nitrogens is 2. The van der Waals surface area contributed by atoms with E-state index in [0.717, 1.165) is 23.9 Å². The summed E-state index contributed by atoms with van der Waals surface area (Å²) in [4.78, 5) is 16.2. The predicted molar refractivity (Wildman–Crippen MR) is 86.3 cm³/mol. The average molecular weight is 287 g/mol. The van der Waals surface area contributed by atoms with Crippen molar-refractivity contribution in [3.8, 4) is 0 Å². The third-order valence-corrected chi connectivity index (χ3v) is 4.08. The van der Waals surface area contributed by atoms with Gasteiger partial charge in [-0.2, -0.15) is 0 Å². The Hall–Kier alpha value is -1.84. The van der Waals surface area contributed by atoms with Gasteiger partial charge in [-0.25, -0.2) is 4.98 Å². The normalized spacial score (nSPS) is 12.7. The van der Waals surface area contributed by atoms with Crippen LogP contribution in [0.1, 0.15) is 68.9 Å². The number of unbranched alkanes of at least 4 members (excludes halogenated alkanes) is 3. The Kier molecular flexibility index (Phi) is 5.37. The van der Waals surface area contributed by atoms with E-state index in [1.807, 2.05) is 22.8 Å².